The van der Waals surface area contributed by atoms with E-state index in [0.29, 0.717) is 22.3 Å². The lowest BCUT2D eigenvalue weighted by Gasteiger charge is -2.39. The molecule has 0 radical (unpaired) electrons. The van der Waals surface area contributed by atoms with Gasteiger partial charge in [0, 0.05) is 18.1 Å². The van der Waals surface area contributed by atoms with Crippen LogP contribution in [0.15, 0.2) is 22.8 Å². The second-order valence-corrected chi connectivity index (χ2v) is 6.43. The number of hydrogen-bond donors (Lipinski definition) is 5. The van der Waals surface area contributed by atoms with Crippen LogP contribution in [0.5, 0.6) is 11.5 Å². The molecule has 10 heteroatoms. The van der Waals surface area contributed by atoms with Gasteiger partial charge >= 0.3 is 5.97 Å². The van der Waals surface area contributed by atoms with Crippen LogP contribution in [-0.4, -0.2) is 75.9 Å². The molecule has 0 amide bonds. The number of carboxylic acids is 1. The van der Waals surface area contributed by atoms with Crippen molar-refractivity contribution < 1.29 is 49.0 Å². The largest absolute Gasteiger partial charge is 0.496 e. The van der Waals surface area contributed by atoms with Gasteiger partial charge in [-0.1, -0.05) is 0 Å². The van der Waals surface area contributed by atoms with E-state index in [1.165, 1.54) is 19.4 Å². The Hall–Kier alpha value is -2.37. The lowest BCUT2D eigenvalue weighted by molar-refractivity contribution is -0.277. The summed E-state index contributed by atoms with van der Waals surface area (Å²) in [7, 11) is 1.42. The van der Waals surface area contributed by atoms with Crippen molar-refractivity contribution in [1.82, 2.24) is 0 Å². The molecule has 0 bridgehead atoms. The smallest absolute Gasteiger partial charge is 0.303 e. The highest BCUT2D eigenvalue weighted by Gasteiger charge is 2.45. The van der Waals surface area contributed by atoms with Gasteiger partial charge in [-0.05, 0) is 12.5 Å². The number of carbonyl (C=O) groups is 1. The summed E-state index contributed by atoms with van der Waals surface area (Å²) >= 11 is 0. The molecule has 5 N–H and O–H groups in total. The van der Waals surface area contributed by atoms with Crippen LogP contribution in [0.3, 0.4) is 0 Å². The number of rotatable bonds is 7. The predicted octanol–water partition coefficient (Wildman–Crippen LogP) is -0.363. The summed E-state index contributed by atoms with van der Waals surface area (Å²) in [5, 5.41) is 49.0. The van der Waals surface area contributed by atoms with Gasteiger partial charge in [0.2, 0.25) is 6.29 Å². The van der Waals surface area contributed by atoms with Gasteiger partial charge in [0.1, 0.15) is 41.5 Å². The molecule has 1 aromatic carbocycles. The summed E-state index contributed by atoms with van der Waals surface area (Å²) in [5.74, 6) is -0.537. The molecule has 154 valence electrons. The van der Waals surface area contributed by atoms with Crippen LogP contribution in [0.1, 0.15) is 12.0 Å². The minimum atomic E-state index is -1.61. The second kappa shape index (κ2) is 8.33. The van der Waals surface area contributed by atoms with Gasteiger partial charge in [-0.15, -0.1) is 0 Å². The molecule has 1 aliphatic rings. The Balaban J connectivity index is 1.98. The minimum Gasteiger partial charge on any atom is -0.496 e. The highest BCUT2D eigenvalue weighted by atomic mass is 16.7. The van der Waals surface area contributed by atoms with Crippen LogP contribution < -0.4 is 9.47 Å². The monoisotopic (exact) mass is 398 g/mol. The van der Waals surface area contributed by atoms with E-state index in [4.69, 9.17) is 23.7 Å². The fraction of sp³-hybridized carbons (Fsp3) is 0.500. The zero-order valence-electron chi connectivity index (χ0n) is 15.0. The Morgan fingerprint density at radius 1 is 1.21 bits per heavy atom. The number of fused-ring (bicyclic) bond motifs is 1. The molecule has 3 rings (SSSR count). The molecule has 0 spiro atoms. The lowest BCUT2D eigenvalue weighted by Crippen LogP contribution is -2.60. The summed E-state index contributed by atoms with van der Waals surface area (Å²) < 4.78 is 21.9. The number of aliphatic carboxylic acids is 1. The molecular formula is C18H22O10. The number of carboxylic acid groups (broad SMARTS) is 1. The van der Waals surface area contributed by atoms with Crippen molar-refractivity contribution in [2.75, 3.05) is 13.7 Å². The van der Waals surface area contributed by atoms with Crippen molar-refractivity contribution in [2.24, 2.45) is 0 Å². The third-order valence-corrected chi connectivity index (χ3v) is 4.66. The fourth-order valence-electron chi connectivity index (χ4n) is 3.20. The molecule has 1 aliphatic heterocycles. The Bertz CT molecular complexity index is 829. The molecular weight excluding hydrogens is 376 g/mol. The average molecular weight is 398 g/mol. The standard InChI is InChI=1S/C18H22O10/c1-25-17-8(2-3-13(20)21)11(6-10-9(17)4-5-26-10)27-18-16(24)15(23)14(22)12(7-19)28-18/h4-6,12,14-16,18-19,22-24H,2-3,7H2,1H3,(H,20,21)/t12-,14-,15+,16-,18-/m1/s1. The first kappa shape index (κ1) is 20.4. The van der Waals surface area contributed by atoms with E-state index in [1.807, 2.05) is 0 Å². The van der Waals surface area contributed by atoms with Crippen molar-refractivity contribution >= 4 is 16.9 Å². The molecule has 5 atom stereocenters. The van der Waals surface area contributed by atoms with E-state index >= 15 is 0 Å². The van der Waals surface area contributed by atoms with Crippen molar-refractivity contribution in [3.8, 4) is 11.5 Å². The third-order valence-electron chi connectivity index (χ3n) is 4.66. The molecule has 1 saturated heterocycles. The van der Waals surface area contributed by atoms with E-state index in [0.717, 1.165) is 0 Å². The number of ether oxygens (including phenoxy) is 3. The lowest BCUT2D eigenvalue weighted by atomic mass is 9.99. The van der Waals surface area contributed by atoms with Gasteiger partial charge in [0.05, 0.1) is 25.4 Å². The molecule has 0 saturated carbocycles. The summed E-state index contributed by atoms with van der Waals surface area (Å²) in [6, 6.07) is 3.16. The van der Waals surface area contributed by atoms with Crippen LogP contribution >= 0.6 is 0 Å². The molecule has 28 heavy (non-hydrogen) atoms. The topological polar surface area (TPSA) is 159 Å². The minimum absolute atomic E-state index is 0.0619. The second-order valence-electron chi connectivity index (χ2n) is 6.43. The van der Waals surface area contributed by atoms with E-state index in [2.05, 4.69) is 0 Å². The molecule has 10 nitrogen and oxygen atoms in total. The fourth-order valence-corrected chi connectivity index (χ4v) is 3.20. The number of aliphatic hydroxyl groups excluding tert-OH is 4. The number of methoxy groups -OCH3 is 1. The molecule has 1 aromatic heterocycles. The van der Waals surface area contributed by atoms with Crippen LogP contribution in [0.4, 0.5) is 0 Å². The molecule has 1 fully saturated rings. The zero-order chi connectivity index (χ0) is 20.4. The highest BCUT2D eigenvalue weighted by molar-refractivity contribution is 5.88. The Morgan fingerprint density at radius 2 is 1.96 bits per heavy atom. The first-order chi connectivity index (χ1) is 13.4. The first-order valence-electron chi connectivity index (χ1n) is 8.63. The Labute approximate surface area is 159 Å². The van der Waals surface area contributed by atoms with Crippen molar-refractivity contribution in [3.05, 3.63) is 24.0 Å². The maximum atomic E-state index is 11.0. The number of aliphatic hydroxyl groups is 4. The van der Waals surface area contributed by atoms with E-state index in [9.17, 15) is 25.2 Å². The zero-order valence-corrected chi connectivity index (χ0v) is 15.0. The van der Waals surface area contributed by atoms with Gasteiger partial charge in [0.15, 0.2) is 0 Å². The summed E-state index contributed by atoms with van der Waals surface area (Å²) in [5.41, 5.74) is 0.811. The highest BCUT2D eigenvalue weighted by Crippen LogP contribution is 2.39. The Kier molecular flexibility index (Phi) is 6.06. The van der Waals surface area contributed by atoms with Crippen molar-refractivity contribution in [3.63, 3.8) is 0 Å². The Morgan fingerprint density at radius 3 is 2.61 bits per heavy atom. The van der Waals surface area contributed by atoms with Gasteiger partial charge in [0.25, 0.3) is 0 Å². The first-order valence-corrected chi connectivity index (χ1v) is 8.63. The average Bonchev–Trinajstić information content (AvgIpc) is 3.14. The van der Waals surface area contributed by atoms with Gasteiger partial charge in [-0.3, -0.25) is 4.79 Å². The number of hydrogen-bond acceptors (Lipinski definition) is 9. The van der Waals surface area contributed by atoms with E-state index < -0.39 is 43.3 Å². The summed E-state index contributed by atoms with van der Waals surface area (Å²) in [6.07, 6.45) is -6.00. The van der Waals surface area contributed by atoms with Gasteiger partial charge < -0.3 is 44.2 Å². The number of furan rings is 1. The third kappa shape index (κ3) is 3.77. The summed E-state index contributed by atoms with van der Waals surface area (Å²) in [4.78, 5) is 11.0. The van der Waals surface area contributed by atoms with Crippen LogP contribution in [0, 0.1) is 0 Å². The van der Waals surface area contributed by atoms with Crippen LogP contribution in [-0.2, 0) is 16.0 Å². The molecule has 0 aliphatic carbocycles. The van der Waals surface area contributed by atoms with Crippen molar-refractivity contribution in [2.45, 2.75) is 43.5 Å². The van der Waals surface area contributed by atoms with E-state index in [-0.39, 0.29) is 18.6 Å². The van der Waals surface area contributed by atoms with E-state index in [1.54, 1.807) is 6.07 Å². The van der Waals surface area contributed by atoms with Gasteiger partial charge in [-0.2, -0.15) is 0 Å². The molecule has 0 unspecified atom stereocenters. The number of benzene rings is 1. The predicted molar refractivity (Wildman–Crippen MR) is 93.1 cm³/mol. The maximum absolute atomic E-state index is 11.0. The SMILES string of the molecule is COc1c(CCC(=O)O)c(O[C@@H]2O[C@H](CO)[C@@H](O)[C@H](O)[C@H]2O)cc2occc12. The maximum Gasteiger partial charge on any atom is 0.303 e. The quantitative estimate of drug-likeness (QED) is 0.417. The van der Waals surface area contributed by atoms with Gasteiger partial charge in [-0.25, -0.2) is 0 Å². The van der Waals surface area contributed by atoms with Crippen molar-refractivity contribution in [1.29, 1.82) is 0 Å². The normalized spacial score (nSPS) is 27.7. The molecule has 2 aromatic rings. The summed E-state index contributed by atoms with van der Waals surface area (Å²) in [6.45, 7) is -0.600. The molecule has 2 heterocycles. The van der Waals surface area contributed by atoms with Crippen LogP contribution in [0.2, 0.25) is 0 Å². The van der Waals surface area contributed by atoms with Crippen LogP contribution in [0.25, 0.3) is 11.0 Å².